The lowest BCUT2D eigenvalue weighted by molar-refractivity contribution is -0.274. The Bertz CT molecular complexity index is 778. The van der Waals surface area contributed by atoms with E-state index in [4.69, 9.17) is 0 Å². The summed E-state index contributed by atoms with van der Waals surface area (Å²) in [6.07, 6.45) is -4.78. The zero-order valence-corrected chi connectivity index (χ0v) is 16.7. The first-order chi connectivity index (χ1) is 12.7. The van der Waals surface area contributed by atoms with E-state index in [1.54, 1.807) is 0 Å². The number of benzene rings is 2. The van der Waals surface area contributed by atoms with Crippen LogP contribution in [0.25, 0.3) is 0 Å². The number of hydrogen-bond donors (Lipinski definition) is 4. The van der Waals surface area contributed by atoms with Gasteiger partial charge < -0.3 is 25.4 Å². The minimum absolute atomic E-state index is 0. The summed E-state index contributed by atoms with van der Waals surface area (Å²) in [5.41, 5.74) is 0.752. The molecule has 1 saturated heterocycles. The van der Waals surface area contributed by atoms with Crippen molar-refractivity contribution >= 4 is 24.8 Å². The molecule has 2 aromatic rings. The van der Waals surface area contributed by atoms with Crippen LogP contribution in [0.2, 0.25) is 0 Å². The molecule has 3 rings (SSSR count). The molecular formula is C18H21Cl2F3N2O4. The molecule has 0 bridgehead atoms. The van der Waals surface area contributed by atoms with Gasteiger partial charge in [0.25, 0.3) is 0 Å². The third kappa shape index (κ3) is 6.20. The average molecular weight is 457 g/mol. The fourth-order valence-corrected chi connectivity index (χ4v) is 3.24. The van der Waals surface area contributed by atoms with Crippen LogP contribution < -0.4 is 10.1 Å². The Hall–Kier alpha value is -2.07. The molecule has 0 radical (unpaired) electrons. The van der Waals surface area contributed by atoms with Crippen LogP contribution >= 0.6 is 24.8 Å². The van der Waals surface area contributed by atoms with E-state index in [2.05, 4.69) is 10.1 Å². The van der Waals surface area contributed by atoms with E-state index in [1.165, 1.54) is 24.3 Å². The molecule has 1 fully saturated rings. The van der Waals surface area contributed by atoms with Gasteiger partial charge in [-0.3, -0.25) is 4.90 Å². The maximum atomic E-state index is 12.4. The molecule has 0 aromatic heterocycles. The third-order valence-electron chi connectivity index (χ3n) is 4.34. The maximum absolute atomic E-state index is 12.4. The van der Waals surface area contributed by atoms with Gasteiger partial charge in [-0.05, 0) is 17.7 Å². The fourth-order valence-electron chi connectivity index (χ4n) is 3.24. The van der Waals surface area contributed by atoms with Gasteiger partial charge in [-0.2, -0.15) is 0 Å². The first-order valence-electron chi connectivity index (χ1n) is 8.30. The van der Waals surface area contributed by atoms with Gasteiger partial charge in [-0.25, -0.2) is 0 Å². The van der Waals surface area contributed by atoms with Crippen molar-refractivity contribution in [3.05, 3.63) is 47.5 Å². The van der Waals surface area contributed by atoms with Crippen molar-refractivity contribution in [2.45, 2.75) is 12.4 Å². The predicted octanol–water partition coefficient (Wildman–Crippen LogP) is 3.54. The predicted molar refractivity (Wildman–Crippen MR) is 105 cm³/mol. The first kappa shape index (κ1) is 25.0. The number of nitrogens with one attached hydrogen (secondary N) is 1. The fraction of sp³-hybridized carbons (Fsp3) is 0.333. The largest absolute Gasteiger partial charge is 0.573 e. The molecule has 29 heavy (non-hydrogen) atoms. The van der Waals surface area contributed by atoms with Crippen LogP contribution in [-0.2, 0) is 0 Å². The van der Waals surface area contributed by atoms with Crippen molar-refractivity contribution in [3.63, 3.8) is 0 Å². The number of phenols is 3. The highest BCUT2D eigenvalue weighted by molar-refractivity contribution is 5.85. The molecule has 1 aliphatic heterocycles. The summed E-state index contributed by atoms with van der Waals surface area (Å²) in [5, 5.41) is 33.4. The van der Waals surface area contributed by atoms with Crippen LogP contribution in [-0.4, -0.2) is 52.8 Å². The number of ether oxygens (including phenoxy) is 1. The summed E-state index contributed by atoms with van der Waals surface area (Å²) in [6, 6.07) is 6.92. The molecule has 0 amide bonds. The van der Waals surface area contributed by atoms with Gasteiger partial charge in [-0.15, -0.1) is 38.0 Å². The zero-order chi connectivity index (χ0) is 19.6. The molecule has 2 aromatic carbocycles. The number of piperazine rings is 1. The van der Waals surface area contributed by atoms with E-state index in [-0.39, 0.29) is 53.4 Å². The minimum Gasteiger partial charge on any atom is -0.508 e. The highest BCUT2D eigenvalue weighted by Gasteiger charge is 2.32. The summed E-state index contributed by atoms with van der Waals surface area (Å²) >= 11 is 0. The van der Waals surface area contributed by atoms with Crippen molar-refractivity contribution in [1.82, 2.24) is 10.2 Å². The van der Waals surface area contributed by atoms with Crippen molar-refractivity contribution in [1.29, 1.82) is 0 Å². The molecule has 11 heteroatoms. The van der Waals surface area contributed by atoms with Crippen molar-refractivity contribution in [2.24, 2.45) is 0 Å². The molecule has 1 aliphatic rings. The number of hydrogen-bond acceptors (Lipinski definition) is 6. The summed E-state index contributed by atoms with van der Waals surface area (Å²) in [7, 11) is 0. The Balaban J connectivity index is 0.00000210. The smallest absolute Gasteiger partial charge is 0.508 e. The highest BCUT2D eigenvalue weighted by atomic mass is 35.5. The van der Waals surface area contributed by atoms with E-state index >= 15 is 0 Å². The summed E-state index contributed by atoms with van der Waals surface area (Å²) in [5.74, 6) is -1.25. The summed E-state index contributed by atoms with van der Waals surface area (Å²) in [6.45, 7) is 2.58. The standard InChI is InChI=1S/C18H19F3N2O4.2ClH/c19-18(20,21)27-13-3-1-11(2-4-13)17(23-7-5-22-6-8-23)16-14(25)9-12(24)10-15(16)26;;/h1-4,9-10,17,22,24-26H,5-8H2;2*1H/t17-;;/m0../s1. The Labute approximate surface area is 177 Å². The van der Waals surface area contributed by atoms with E-state index in [1.807, 2.05) is 4.90 Å². The molecule has 6 nitrogen and oxygen atoms in total. The second-order valence-electron chi connectivity index (χ2n) is 6.20. The number of halogens is 5. The number of aromatic hydroxyl groups is 3. The molecule has 0 saturated carbocycles. The monoisotopic (exact) mass is 456 g/mol. The quantitative estimate of drug-likeness (QED) is 0.562. The average Bonchev–Trinajstić information content (AvgIpc) is 2.58. The molecule has 0 spiro atoms. The third-order valence-corrected chi connectivity index (χ3v) is 4.34. The van der Waals surface area contributed by atoms with Crippen LogP contribution in [0, 0.1) is 0 Å². The van der Waals surface area contributed by atoms with Gasteiger partial charge in [0, 0.05) is 38.3 Å². The van der Waals surface area contributed by atoms with E-state index in [9.17, 15) is 28.5 Å². The normalized spacial score (nSPS) is 15.7. The van der Waals surface area contributed by atoms with E-state index in [0.29, 0.717) is 31.7 Å². The number of alkyl halides is 3. The minimum atomic E-state index is -4.78. The maximum Gasteiger partial charge on any atom is 0.573 e. The van der Waals surface area contributed by atoms with Gasteiger partial charge in [0.05, 0.1) is 11.6 Å². The molecule has 1 atom stereocenters. The lowest BCUT2D eigenvalue weighted by Crippen LogP contribution is -2.45. The van der Waals surface area contributed by atoms with Gasteiger partial charge in [-0.1, -0.05) is 12.1 Å². The Morgan fingerprint density at radius 1 is 0.931 bits per heavy atom. The van der Waals surface area contributed by atoms with Crippen molar-refractivity contribution in [2.75, 3.05) is 26.2 Å². The number of nitrogens with zero attached hydrogens (tertiary/aromatic N) is 1. The Kier molecular flexibility index (Phi) is 8.70. The van der Waals surface area contributed by atoms with Gasteiger partial charge in [0.2, 0.25) is 0 Å². The van der Waals surface area contributed by atoms with E-state index < -0.39 is 12.4 Å². The molecule has 162 valence electrons. The van der Waals surface area contributed by atoms with Crippen LogP contribution in [0.5, 0.6) is 23.0 Å². The lowest BCUT2D eigenvalue weighted by atomic mass is 9.94. The molecular weight excluding hydrogens is 436 g/mol. The van der Waals surface area contributed by atoms with Gasteiger partial charge in [0.1, 0.15) is 23.0 Å². The summed E-state index contributed by atoms with van der Waals surface area (Å²) < 4.78 is 41.0. The Morgan fingerprint density at radius 3 is 1.93 bits per heavy atom. The summed E-state index contributed by atoms with van der Waals surface area (Å²) in [4.78, 5) is 1.99. The van der Waals surface area contributed by atoms with Crippen LogP contribution in [0.1, 0.15) is 17.2 Å². The topological polar surface area (TPSA) is 85.2 Å². The van der Waals surface area contributed by atoms with Crippen LogP contribution in [0.4, 0.5) is 13.2 Å². The molecule has 4 N–H and O–H groups in total. The van der Waals surface area contributed by atoms with Gasteiger partial charge in [0.15, 0.2) is 0 Å². The zero-order valence-electron chi connectivity index (χ0n) is 15.0. The highest BCUT2D eigenvalue weighted by Crippen LogP contribution is 2.42. The van der Waals surface area contributed by atoms with Crippen molar-refractivity contribution in [3.8, 4) is 23.0 Å². The second kappa shape index (κ2) is 10.1. The number of phenolic OH excluding ortho intramolecular Hbond substituents is 3. The van der Waals surface area contributed by atoms with Crippen LogP contribution in [0.3, 0.4) is 0 Å². The first-order valence-corrected chi connectivity index (χ1v) is 8.30. The van der Waals surface area contributed by atoms with E-state index in [0.717, 1.165) is 12.1 Å². The molecule has 0 unspecified atom stereocenters. The second-order valence-corrected chi connectivity index (χ2v) is 6.20. The Morgan fingerprint density at radius 2 is 1.45 bits per heavy atom. The SMILES string of the molecule is Cl.Cl.Oc1cc(O)c([C@H](c2ccc(OC(F)(F)F)cc2)N2CCNCC2)c(O)c1. The van der Waals surface area contributed by atoms with Gasteiger partial charge >= 0.3 is 6.36 Å². The van der Waals surface area contributed by atoms with Crippen molar-refractivity contribution < 1.29 is 33.2 Å². The molecule has 1 heterocycles. The lowest BCUT2D eigenvalue weighted by Gasteiger charge is -2.36. The van der Waals surface area contributed by atoms with Crippen LogP contribution in [0.15, 0.2) is 36.4 Å². The molecule has 0 aliphatic carbocycles. The number of rotatable bonds is 4.